The average molecular weight is 499 g/mol. The van der Waals surface area contributed by atoms with Crippen LogP contribution in [0.25, 0.3) is 17.4 Å². The molecule has 1 fully saturated rings. The van der Waals surface area contributed by atoms with Gasteiger partial charge in [0.15, 0.2) is 0 Å². The van der Waals surface area contributed by atoms with Crippen molar-refractivity contribution in [3.63, 3.8) is 0 Å². The highest BCUT2D eigenvalue weighted by molar-refractivity contribution is 9.10. The van der Waals surface area contributed by atoms with E-state index in [4.69, 9.17) is 4.42 Å². The molecule has 0 unspecified atom stereocenters. The maximum Gasteiger partial charge on any atom is 0.293 e. The van der Waals surface area contributed by atoms with Gasteiger partial charge in [0.05, 0.1) is 21.9 Å². The number of imide groups is 1. The third kappa shape index (κ3) is 4.47. The number of nitro benzene ring substituents is 1. The van der Waals surface area contributed by atoms with Crippen molar-refractivity contribution >= 4 is 50.6 Å². The Bertz CT molecular complexity index is 1230. The van der Waals surface area contributed by atoms with Crippen molar-refractivity contribution in [1.82, 2.24) is 4.90 Å². The SMILES string of the molecule is Cc1ccc(-c2ccc(/C=C3\SC(=O)N(Cc4ccc(Br)cc4)C3=O)o2)c([N+](=O)[O-])c1. The number of thioether (sulfide) groups is 1. The molecule has 0 atom stereocenters. The summed E-state index contributed by atoms with van der Waals surface area (Å²) in [6, 6.07) is 15.5. The van der Waals surface area contributed by atoms with Crippen LogP contribution in [-0.4, -0.2) is 21.0 Å². The molecule has 1 aliphatic heterocycles. The molecule has 9 heteroatoms. The highest BCUT2D eigenvalue weighted by Crippen LogP contribution is 2.36. The first-order valence-corrected chi connectivity index (χ1v) is 10.8. The average Bonchev–Trinajstić information content (AvgIpc) is 3.29. The Kier molecular flexibility index (Phi) is 5.79. The van der Waals surface area contributed by atoms with Crippen molar-refractivity contribution in [2.45, 2.75) is 13.5 Å². The van der Waals surface area contributed by atoms with E-state index in [0.717, 1.165) is 27.4 Å². The lowest BCUT2D eigenvalue weighted by Crippen LogP contribution is -2.27. The zero-order chi connectivity index (χ0) is 22.1. The zero-order valence-electron chi connectivity index (χ0n) is 16.2. The zero-order valence-corrected chi connectivity index (χ0v) is 18.6. The molecule has 0 spiro atoms. The Morgan fingerprint density at radius 2 is 1.87 bits per heavy atom. The third-order valence-electron chi connectivity index (χ3n) is 4.64. The van der Waals surface area contributed by atoms with Gasteiger partial charge in [0.1, 0.15) is 11.5 Å². The van der Waals surface area contributed by atoms with Gasteiger partial charge in [0.25, 0.3) is 16.8 Å². The summed E-state index contributed by atoms with van der Waals surface area (Å²) in [6.07, 6.45) is 1.48. The fourth-order valence-corrected chi connectivity index (χ4v) is 4.20. The number of nitrogens with zero attached hydrogens (tertiary/aromatic N) is 2. The van der Waals surface area contributed by atoms with Gasteiger partial charge in [-0.3, -0.25) is 24.6 Å². The summed E-state index contributed by atoms with van der Waals surface area (Å²) < 4.78 is 6.64. The summed E-state index contributed by atoms with van der Waals surface area (Å²) in [5.74, 6) is 0.239. The van der Waals surface area contributed by atoms with Crippen LogP contribution in [0, 0.1) is 17.0 Å². The summed E-state index contributed by atoms with van der Waals surface area (Å²) in [4.78, 5) is 37.4. The normalized spacial score (nSPS) is 15.2. The van der Waals surface area contributed by atoms with Crippen LogP contribution in [0.2, 0.25) is 0 Å². The van der Waals surface area contributed by atoms with E-state index < -0.39 is 10.8 Å². The molecular formula is C22H15BrN2O5S. The standard InChI is InChI=1S/C22H15BrN2O5S/c1-13-2-8-17(18(10-13)25(28)29)19-9-7-16(30-19)11-20-21(26)24(22(27)31-20)12-14-3-5-15(23)6-4-14/h2-11H,12H2,1H3/b20-11-. The molecule has 1 saturated heterocycles. The topological polar surface area (TPSA) is 93.7 Å². The number of furan rings is 1. The van der Waals surface area contributed by atoms with Crippen LogP contribution >= 0.6 is 27.7 Å². The van der Waals surface area contributed by atoms with Crippen LogP contribution in [0.1, 0.15) is 16.9 Å². The van der Waals surface area contributed by atoms with Gasteiger partial charge in [-0.2, -0.15) is 0 Å². The molecule has 2 aromatic carbocycles. The highest BCUT2D eigenvalue weighted by atomic mass is 79.9. The molecule has 1 aliphatic rings. The van der Waals surface area contributed by atoms with Crippen LogP contribution in [-0.2, 0) is 11.3 Å². The summed E-state index contributed by atoms with van der Waals surface area (Å²) >= 11 is 4.19. The molecule has 2 amide bonds. The van der Waals surface area contributed by atoms with Crippen LogP contribution < -0.4 is 0 Å². The van der Waals surface area contributed by atoms with Crippen molar-refractivity contribution in [3.05, 3.63) is 91.0 Å². The van der Waals surface area contributed by atoms with E-state index in [1.165, 1.54) is 17.0 Å². The highest BCUT2D eigenvalue weighted by Gasteiger charge is 2.35. The fraction of sp³-hybridized carbons (Fsp3) is 0.0909. The fourth-order valence-electron chi connectivity index (χ4n) is 3.11. The van der Waals surface area contributed by atoms with E-state index in [1.807, 2.05) is 24.3 Å². The molecule has 7 nitrogen and oxygen atoms in total. The Morgan fingerprint density at radius 3 is 2.58 bits per heavy atom. The van der Waals surface area contributed by atoms with Crippen molar-refractivity contribution in [2.75, 3.05) is 0 Å². The van der Waals surface area contributed by atoms with Gasteiger partial charge in [-0.1, -0.05) is 34.1 Å². The molecule has 3 aromatic rings. The van der Waals surface area contributed by atoms with Gasteiger partial charge < -0.3 is 4.42 Å². The second kappa shape index (κ2) is 8.52. The summed E-state index contributed by atoms with van der Waals surface area (Å²) in [5, 5.41) is 11.0. The molecule has 1 aromatic heterocycles. The predicted octanol–water partition coefficient (Wildman–Crippen LogP) is 6.16. The van der Waals surface area contributed by atoms with Crippen molar-refractivity contribution < 1.29 is 18.9 Å². The van der Waals surface area contributed by atoms with Crippen molar-refractivity contribution in [1.29, 1.82) is 0 Å². The van der Waals surface area contributed by atoms with E-state index in [-0.39, 0.29) is 22.4 Å². The van der Waals surface area contributed by atoms with Crippen LogP contribution in [0.4, 0.5) is 10.5 Å². The smallest absolute Gasteiger partial charge is 0.293 e. The maximum atomic E-state index is 12.7. The van der Waals surface area contributed by atoms with Gasteiger partial charge in [-0.25, -0.2) is 0 Å². The molecule has 0 N–H and O–H groups in total. The monoisotopic (exact) mass is 498 g/mol. The number of carbonyl (C=O) groups is 2. The molecular weight excluding hydrogens is 484 g/mol. The largest absolute Gasteiger partial charge is 0.456 e. The number of rotatable bonds is 5. The van der Waals surface area contributed by atoms with E-state index in [9.17, 15) is 19.7 Å². The summed E-state index contributed by atoms with van der Waals surface area (Å²) in [6.45, 7) is 1.95. The molecule has 156 valence electrons. The number of amides is 2. The van der Waals surface area contributed by atoms with Crippen molar-refractivity contribution in [3.8, 4) is 11.3 Å². The number of benzene rings is 2. The van der Waals surface area contributed by atoms with Crippen LogP contribution in [0.15, 0.2) is 68.4 Å². The number of nitro groups is 1. The number of hydrogen-bond acceptors (Lipinski definition) is 6. The first kappa shape index (κ1) is 21.1. The molecule has 0 bridgehead atoms. The number of carbonyl (C=O) groups excluding carboxylic acids is 2. The van der Waals surface area contributed by atoms with E-state index in [1.54, 1.807) is 31.2 Å². The second-order valence-electron chi connectivity index (χ2n) is 6.87. The van der Waals surface area contributed by atoms with Gasteiger partial charge in [-0.15, -0.1) is 0 Å². The van der Waals surface area contributed by atoms with E-state index in [2.05, 4.69) is 15.9 Å². The first-order chi connectivity index (χ1) is 14.8. The Hall–Kier alpha value is -3.17. The predicted molar refractivity (Wildman–Crippen MR) is 121 cm³/mol. The quantitative estimate of drug-likeness (QED) is 0.237. The second-order valence-corrected chi connectivity index (χ2v) is 8.78. The van der Waals surface area contributed by atoms with Crippen molar-refractivity contribution in [2.24, 2.45) is 0 Å². The Labute approximate surface area is 190 Å². The Balaban J connectivity index is 1.57. The minimum Gasteiger partial charge on any atom is -0.456 e. The minimum atomic E-state index is -0.460. The van der Waals surface area contributed by atoms with Gasteiger partial charge in [0, 0.05) is 16.6 Å². The lowest BCUT2D eigenvalue weighted by Gasteiger charge is -2.12. The first-order valence-electron chi connectivity index (χ1n) is 9.17. The number of hydrogen-bond donors (Lipinski definition) is 0. The molecule has 0 radical (unpaired) electrons. The van der Waals surface area contributed by atoms with Crippen LogP contribution in [0.5, 0.6) is 0 Å². The molecule has 0 aliphatic carbocycles. The Morgan fingerprint density at radius 1 is 1.13 bits per heavy atom. The lowest BCUT2D eigenvalue weighted by atomic mass is 10.1. The molecule has 31 heavy (non-hydrogen) atoms. The number of aryl methyl sites for hydroxylation is 1. The maximum absolute atomic E-state index is 12.7. The third-order valence-corrected chi connectivity index (χ3v) is 6.08. The summed E-state index contributed by atoms with van der Waals surface area (Å²) in [5.41, 5.74) is 1.88. The van der Waals surface area contributed by atoms with E-state index in [0.29, 0.717) is 17.1 Å². The van der Waals surface area contributed by atoms with Gasteiger partial charge in [-0.05, 0) is 60.1 Å². The van der Waals surface area contributed by atoms with Gasteiger partial charge in [0.2, 0.25) is 0 Å². The van der Waals surface area contributed by atoms with Crippen LogP contribution in [0.3, 0.4) is 0 Å². The summed E-state index contributed by atoms with van der Waals surface area (Å²) in [7, 11) is 0. The molecule has 0 saturated carbocycles. The minimum absolute atomic E-state index is 0.0595. The molecule has 2 heterocycles. The van der Waals surface area contributed by atoms with Gasteiger partial charge >= 0.3 is 0 Å². The number of halogens is 1. The lowest BCUT2D eigenvalue weighted by molar-refractivity contribution is -0.384. The van der Waals surface area contributed by atoms with E-state index >= 15 is 0 Å². The molecule has 4 rings (SSSR count).